The van der Waals surface area contributed by atoms with Gasteiger partial charge in [0.1, 0.15) is 5.54 Å². The molecular formula is C12H17N3O3. The Morgan fingerprint density at radius 3 is 2.44 bits per heavy atom. The summed E-state index contributed by atoms with van der Waals surface area (Å²) in [5.74, 6) is -1.04. The average Bonchev–Trinajstić information content (AvgIpc) is 2.30. The summed E-state index contributed by atoms with van der Waals surface area (Å²) in [6.45, 7) is 3.28. The first kappa shape index (κ1) is 13.8. The molecule has 0 saturated heterocycles. The number of benzene rings is 1. The minimum absolute atomic E-state index is 0.239. The predicted octanol–water partition coefficient (Wildman–Crippen LogP) is 0.731. The lowest BCUT2D eigenvalue weighted by atomic mass is 10.0. The number of anilines is 2. The van der Waals surface area contributed by atoms with Gasteiger partial charge >= 0.3 is 5.97 Å². The maximum absolute atomic E-state index is 11.5. The third-order valence-corrected chi connectivity index (χ3v) is 2.53. The summed E-state index contributed by atoms with van der Waals surface area (Å²) < 4.78 is 4.61. The Morgan fingerprint density at radius 1 is 1.33 bits per heavy atom. The highest BCUT2D eigenvalue weighted by molar-refractivity contribution is 5.96. The summed E-state index contributed by atoms with van der Waals surface area (Å²) in [5, 5.41) is 2.93. The Hall–Kier alpha value is -2.24. The van der Waals surface area contributed by atoms with Gasteiger partial charge in [-0.1, -0.05) is 0 Å². The summed E-state index contributed by atoms with van der Waals surface area (Å²) >= 11 is 0. The molecule has 0 aliphatic heterocycles. The van der Waals surface area contributed by atoms with Crippen molar-refractivity contribution in [1.82, 2.24) is 0 Å². The first-order valence-corrected chi connectivity index (χ1v) is 5.34. The van der Waals surface area contributed by atoms with Crippen LogP contribution in [0.25, 0.3) is 0 Å². The summed E-state index contributed by atoms with van der Waals surface area (Å²) in [6, 6.07) is 4.74. The van der Waals surface area contributed by atoms with Crippen molar-refractivity contribution < 1.29 is 14.3 Å². The second-order valence-corrected chi connectivity index (χ2v) is 4.41. The quantitative estimate of drug-likeness (QED) is 0.540. The topological polar surface area (TPSA) is 107 Å². The number of nitrogens with one attached hydrogen (secondary N) is 1. The van der Waals surface area contributed by atoms with Gasteiger partial charge in [0, 0.05) is 11.4 Å². The normalized spacial score (nSPS) is 10.8. The van der Waals surface area contributed by atoms with E-state index in [1.165, 1.54) is 13.2 Å². The van der Waals surface area contributed by atoms with Gasteiger partial charge in [-0.25, -0.2) is 4.79 Å². The number of nitrogens with two attached hydrogens (primary N) is 2. The van der Waals surface area contributed by atoms with Gasteiger partial charge in [-0.2, -0.15) is 0 Å². The summed E-state index contributed by atoms with van der Waals surface area (Å²) in [7, 11) is 1.27. The SMILES string of the molecule is COC(=O)c1cc(NC(C)(C)C(N)=O)ccc1N. The Labute approximate surface area is 105 Å². The highest BCUT2D eigenvalue weighted by Gasteiger charge is 2.24. The van der Waals surface area contributed by atoms with Crippen LogP contribution < -0.4 is 16.8 Å². The zero-order valence-electron chi connectivity index (χ0n) is 10.6. The first-order valence-electron chi connectivity index (χ1n) is 5.34. The van der Waals surface area contributed by atoms with Crippen LogP contribution in [-0.2, 0) is 9.53 Å². The summed E-state index contributed by atoms with van der Waals surface area (Å²) in [5.41, 5.74) is 11.1. The van der Waals surface area contributed by atoms with E-state index in [1.54, 1.807) is 26.0 Å². The third kappa shape index (κ3) is 2.91. The number of nitrogen functional groups attached to an aromatic ring is 1. The fourth-order valence-electron chi connectivity index (χ4n) is 1.34. The zero-order chi connectivity index (χ0) is 13.9. The van der Waals surface area contributed by atoms with Crippen molar-refractivity contribution >= 4 is 23.3 Å². The van der Waals surface area contributed by atoms with Gasteiger partial charge in [0.15, 0.2) is 0 Å². The van der Waals surface area contributed by atoms with Crippen LogP contribution >= 0.6 is 0 Å². The molecular weight excluding hydrogens is 234 g/mol. The molecule has 0 aromatic heterocycles. The number of rotatable bonds is 4. The van der Waals surface area contributed by atoms with Crippen LogP contribution in [0, 0.1) is 0 Å². The molecule has 0 radical (unpaired) electrons. The number of hydrogen-bond acceptors (Lipinski definition) is 5. The van der Waals surface area contributed by atoms with E-state index in [-0.39, 0.29) is 5.56 Å². The molecule has 6 heteroatoms. The second-order valence-electron chi connectivity index (χ2n) is 4.41. The largest absolute Gasteiger partial charge is 0.465 e. The molecule has 0 atom stereocenters. The van der Waals surface area contributed by atoms with Gasteiger partial charge in [0.2, 0.25) is 5.91 Å². The smallest absolute Gasteiger partial charge is 0.340 e. The highest BCUT2D eigenvalue weighted by Crippen LogP contribution is 2.21. The van der Waals surface area contributed by atoms with E-state index < -0.39 is 17.4 Å². The lowest BCUT2D eigenvalue weighted by molar-refractivity contribution is -0.121. The van der Waals surface area contributed by atoms with Gasteiger partial charge in [0.25, 0.3) is 0 Å². The number of carbonyl (C=O) groups is 2. The molecule has 0 saturated carbocycles. The molecule has 98 valence electrons. The number of methoxy groups -OCH3 is 1. The number of esters is 1. The monoisotopic (exact) mass is 251 g/mol. The van der Waals surface area contributed by atoms with Crippen molar-refractivity contribution in [2.45, 2.75) is 19.4 Å². The van der Waals surface area contributed by atoms with Gasteiger partial charge in [-0.05, 0) is 32.0 Å². The summed E-state index contributed by atoms with van der Waals surface area (Å²) in [6.07, 6.45) is 0. The molecule has 5 N–H and O–H groups in total. The Morgan fingerprint density at radius 2 is 1.94 bits per heavy atom. The minimum Gasteiger partial charge on any atom is -0.465 e. The van der Waals surface area contributed by atoms with Crippen LogP contribution in [0.2, 0.25) is 0 Å². The first-order chi connectivity index (χ1) is 8.27. The molecule has 18 heavy (non-hydrogen) atoms. The van der Waals surface area contributed by atoms with Crippen LogP contribution in [-0.4, -0.2) is 24.5 Å². The Bertz CT molecular complexity index is 483. The van der Waals surface area contributed by atoms with Gasteiger partial charge in [-0.15, -0.1) is 0 Å². The molecule has 0 unspecified atom stereocenters. The fraction of sp³-hybridized carbons (Fsp3) is 0.333. The molecule has 0 heterocycles. The van der Waals surface area contributed by atoms with Crippen molar-refractivity contribution in [3.63, 3.8) is 0 Å². The van der Waals surface area contributed by atoms with E-state index in [0.29, 0.717) is 11.4 Å². The average molecular weight is 251 g/mol. The van der Waals surface area contributed by atoms with E-state index in [2.05, 4.69) is 10.1 Å². The van der Waals surface area contributed by atoms with Crippen molar-refractivity contribution in [1.29, 1.82) is 0 Å². The number of carbonyl (C=O) groups excluding carboxylic acids is 2. The van der Waals surface area contributed by atoms with Crippen LogP contribution in [0.1, 0.15) is 24.2 Å². The number of amides is 1. The predicted molar refractivity (Wildman–Crippen MR) is 69.1 cm³/mol. The Balaban J connectivity index is 3.06. The standard InChI is InChI=1S/C12H17N3O3/c1-12(2,11(14)17)15-7-4-5-9(13)8(6-7)10(16)18-3/h4-6,15H,13H2,1-3H3,(H2,14,17). The Kier molecular flexibility index (Phi) is 3.80. The van der Waals surface area contributed by atoms with E-state index in [4.69, 9.17) is 11.5 Å². The van der Waals surface area contributed by atoms with E-state index in [1.807, 2.05) is 0 Å². The molecule has 1 amide bonds. The number of hydrogen-bond donors (Lipinski definition) is 3. The second kappa shape index (κ2) is 4.95. The highest BCUT2D eigenvalue weighted by atomic mass is 16.5. The third-order valence-electron chi connectivity index (χ3n) is 2.53. The lowest BCUT2D eigenvalue weighted by Crippen LogP contribution is -2.45. The van der Waals surface area contributed by atoms with Crippen LogP contribution in [0.3, 0.4) is 0 Å². The minimum atomic E-state index is -0.927. The van der Waals surface area contributed by atoms with Crippen molar-refractivity contribution in [3.05, 3.63) is 23.8 Å². The molecule has 0 bridgehead atoms. The van der Waals surface area contributed by atoms with E-state index >= 15 is 0 Å². The summed E-state index contributed by atoms with van der Waals surface area (Å²) in [4.78, 5) is 22.7. The van der Waals surface area contributed by atoms with Crippen LogP contribution in [0.5, 0.6) is 0 Å². The van der Waals surface area contributed by atoms with Crippen molar-refractivity contribution in [2.24, 2.45) is 5.73 Å². The van der Waals surface area contributed by atoms with Crippen molar-refractivity contribution in [2.75, 3.05) is 18.2 Å². The number of primary amides is 1. The fourth-order valence-corrected chi connectivity index (χ4v) is 1.34. The van der Waals surface area contributed by atoms with Crippen molar-refractivity contribution in [3.8, 4) is 0 Å². The van der Waals surface area contributed by atoms with Gasteiger partial charge in [0.05, 0.1) is 12.7 Å². The molecule has 1 rings (SSSR count). The van der Waals surface area contributed by atoms with E-state index in [9.17, 15) is 9.59 Å². The van der Waals surface area contributed by atoms with Crippen LogP contribution in [0.4, 0.5) is 11.4 Å². The van der Waals surface area contributed by atoms with E-state index in [0.717, 1.165) is 0 Å². The molecule has 0 aliphatic carbocycles. The molecule has 0 spiro atoms. The van der Waals surface area contributed by atoms with Crippen LogP contribution in [0.15, 0.2) is 18.2 Å². The lowest BCUT2D eigenvalue weighted by Gasteiger charge is -2.24. The molecule has 1 aromatic rings. The molecule has 0 fully saturated rings. The maximum Gasteiger partial charge on any atom is 0.340 e. The molecule has 6 nitrogen and oxygen atoms in total. The zero-order valence-corrected chi connectivity index (χ0v) is 10.6. The molecule has 1 aromatic carbocycles. The van der Waals surface area contributed by atoms with Gasteiger partial charge in [-0.3, -0.25) is 4.79 Å². The molecule has 0 aliphatic rings. The number of ether oxygens (including phenoxy) is 1. The maximum atomic E-state index is 11.5. The van der Waals surface area contributed by atoms with Gasteiger partial charge < -0.3 is 21.5 Å².